The Bertz CT molecular complexity index is 1750. The lowest BCUT2D eigenvalue weighted by Gasteiger charge is -2.30. The largest absolute Gasteiger partial charge is 0.472 e. The van der Waals surface area contributed by atoms with E-state index >= 15 is 0 Å². The zero-order valence-corrected chi connectivity index (χ0v) is 28.2. The number of fused-ring (bicyclic) bond motifs is 3. The van der Waals surface area contributed by atoms with E-state index in [2.05, 4.69) is 20.6 Å². The molecule has 0 radical (unpaired) electrons. The lowest BCUT2D eigenvalue weighted by atomic mass is 9.96. The molecule has 0 spiro atoms. The minimum Gasteiger partial charge on any atom is -0.472 e. The maximum Gasteiger partial charge on any atom is 0.408 e. The molecule has 3 aromatic heterocycles. The van der Waals surface area contributed by atoms with E-state index in [0.717, 1.165) is 43.4 Å². The second-order valence-corrected chi connectivity index (χ2v) is 14.1. The number of nitrogens with one attached hydrogen (secondary N) is 2. The SMILES string of the molecule is COC(=O)[C@@]12C[C@@H]1/C=C\CCCCC[C@H](NC(=O)OC1CCC1)C(=O)N1C[C@H](Oc3nc(-c4ccccn4)nc4sccc34)C[C@H]1C(=O)N2. The topological polar surface area (TPSA) is 162 Å². The van der Waals surface area contributed by atoms with Crippen molar-refractivity contribution in [2.75, 3.05) is 13.7 Å². The number of alkyl carbamates (subject to hydrolysis) is 1. The lowest BCUT2D eigenvalue weighted by Crippen LogP contribution is -2.56. The number of hydrogen-bond donors (Lipinski definition) is 2. The van der Waals surface area contributed by atoms with Gasteiger partial charge in [0.25, 0.3) is 0 Å². The van der Waals surface area contributed by atoms with Gasteiger partial charge in [-0.15, -0.1) is 11.3 Å². The molecule has 3 amide bonds. The highest BCUT2D eigenvalue weighted by Crippen LogP contribution is 2.46. The zero-order chi connectivity index (χ0) is 34.0. The van der Waals surface area contributed by atoms with Gasteiger partial charge < -0.3 is 29.7 Å². The van der Waals surface area contributed by atoms with E-state index in [-0.39, 0.29) is 25.0 Å². The summed E-state index contributed by atoms with van der Waals surface area (Å²) in [4.78, 5) is 70.4. The minimum atomic E-state index is -1.20. The van der Waals surface area contributed by atoms with Crippen LogP contribution >= 0.6 is 11.3 Å². The highest BCUT2D eigenvalue weighted by molar-refractivity contribution is 7.16. The molecule has 2 aliphatic heterocycles. The molecular weight excluding hydrogens is 648 g/mol. The number of esters is 1. The van der Waals surface area contributed by atoms with Crippen molar-refractivity contribution in [3.8, 4) is 17.4 Å². The average molecular weight is 689 g/mol. The van der Waals surface area contributed by atoms with E-state index in [9.17, 15) is 19.2 Å². The molecule has 4 aliphatic rings. The summed E-state index contributed by atoms with van der Waals surface area (Å²) in [6.45, 7) is 0.0654. The summed E-state index contributed by atoms with van der Waals surface area (Å²) >= 11 is 1.44. The summed E-state index contributed by atoms with van der Waals surface area (Å²) in [5.74, 6) is -0.894. The number of rotatable bonds is 6. The first-order valence-electron chi connectivity index (χ1n) is 17.0. The van der Waals surface area contributed by atoms with Crippen LogP contribution in [0.1, 0.15) is 64.2 Å². The van der Waals surface area contributed by atoms with E-state index in [1.807, 2.05) is 41.8 Å². The van der Waals surface area contributed by atoms with Crippen LogP contribution in [0.3, 0.4) is 0 Å². The van der Waals surface area contributed by atoms with Crippen LogP contribution in [0.25, 0.3) is 21.7 Å². The summed E-state index contributed by atoms with van der Waals surface area (Å²) < 4.78 is 17.2. The van der Waals surface area contributed by atoms with Crippen LogP contribution in [0.15, 0.2) is 48.0 Å². The molecule has 1 saturated heterocycles. The number of carbonyl (C=O) groups is 4. The molecule has 0 aromatic carbocycles. The lowest BCUT2D eigenvalue weighted by molar-refractivity contribution is -0.148. The molecule has 0 unspecified atom stereocenters. The Labute approximate surface area is 287 Å². The Morgan fingerprint density at radius 2 is 1.94 bits per heavy atom. The molecule has 49 heavy (non-hydrogen) atoms. The molecule has 2 N–H and O–H groups in total. The number of ether oxygens (including phenoxy) is 3. The Morgan fingerprint density at radius 3 is 2.71 bits per heavy atom. The number of aromatic nitrogens is 3. The van der Waals surface area contributed by atoms with Gasteiger partial charge in [0.15, 0.2) is 5.82 Å². The van der Waals surface area contributed by atoms with Crippen molar-refractivity contribution in [2.24, 2.45) is 5.92 Å². The average Bonchev–Trinajstić information content (AvgIpc) is 3.37. The summed E-state index contributed by atoms with van der Waals surface area (Å²) in [6, 6.07) is 5.48. The van der Waals surface area contributed by atoms with Crippen LogP contribution in [-0.4, -0.2) is 87.2 Å². The number of pyridine rings is 1. The maximum absolute atomic E-state index is 14.4. The second kappa shape index (κ2) is 14.1. The second-order valence-electron chi connectivity index (χ2n) is 13.2. The van der Waals surface area contributed by atoms with E-state index in [4.69, 9.17) is 19.2 Å². The van der Waals surface area contributed by atoms with Gasteiger partial charge in [-0.25, -0.2) is 14.6 Å². The zero-order valence-electron chi connectivity index (χ0n) is 27.3. The Hall–Kier alpha value is -4.59. The molecule has 13 nitrogen and oxygen atoms in total. The first-order chi connectivity index (χ1) is 23.8. The first-order valence-corrected chi connectivity index (χ1v) is 17.9. The Morgan fingerprint density at radius 1 is 1.06 bits per heavy atom. The molecule has 14 heteroatoms. The minimum absolute atomic E-state index is 0.0654. The Kier molecular flexibility index (Phi) is 9.48. The van der Waals surface area contributed by atoms with Gasteiger partial charge in [0.05, 0.1) is 19.0 Å². The van der Waals surface area contributed by atoms with Crippen molar-refractivity contribution in [1.82, 2.24) is 30.5 Å². The third-order valence-electron chi connectivity index (χ3n) is 9.87. The van der Waals surface area contributed by atoms with E-state index in [0.29, 0.717) is 42.0 Å². The summed E-state index contributed by atoms with van der Waals surface area (Å²) in [7, 11) is 1.30. The molecule has 2 aliphatic carbocycles. The summed E-state index contributed by atoms with van der Waals surface area (Å²) in [5.41, 5.74) is -0.617. The monoisotopic (exact) mass is 688 g/mol. The van der Waals surface area contributed by atoms with Gasteiger partial charge in [0, 0.05) is 18.5 Å². The molecule has 7 rings (SSSR count). The number of amides is 3. The number of carbonyl (C=O) groups excluding carboxylic acids is 4. The van der Waals surface area contributed by atoms with Crippen molar-refractivity contribution in [3.05, 3.63) is 48.0 Å². The predicted octanol–water partition coefficient (Wildman–Crippen LogP) is 4.32. The molecule has 2 saturated carbocycles. The first kappa shape index (κ1) is 32.9. The molecule has 5 atom stereocenters. The molecule has 3 fully saturated rings. The van der Waals surface area contributed by atoms with Gasteiger partial charge in [0.1, 0.15) is 40.4 Å². The van der Waals surface area contributed by atoms with Gasteiger partial charge in [0.2, 0.25) is 17.7 Å². The Balaban J connectivity index is 1.18. The van der Waals surface area contributed by atoms with E-state index in [1.54, 1.807) is 6.20 Å². The fourth-order valence-electron chi connectivity index (χ4n) is 6.82. The van der Waals surface area contributed by atoms with Gasteiger partial charge in [-0.1, -0.05) is 31.1 Å². The molecule has 3 aromatic rings. The standard InChI is InChI=1S/C35H40N6O7S/c1-46-33(44)35-19-21(35)10-5-3-2-4-6-14-26(37-34(45)48-22-11-9-12-22)32(43)41-20-23(18-27(41)29(42)40-35)47-30-24-15-17-49-31(24)39-28(38-30)25-13-7-8-16-36-25/h5,7-8,10,13,15-17,21-23,26-27H,2-4,6,9,11-12,14,18-20H2,1H3,(H,37,45)(H,40,42)/b10-5-/t21-,23+,26-,27-,35+/m0/s1. The van der Waals surface area contributed by atoms with Crippen LogP contribution in [0.5, 0.6) is 5.88 Å². The third-order valence-corrected chi connectivity index (χ3v) is 10.7. The van der Waals surface area contributed by atoms with Gasteiger partial charge in [-0.2, -0.15) is 4.98 Å². The number of hydrogen-bond acceptors (Lipinski definition) is 11. The number of thiophene rings is 1. The molecule has 258 valence electrons. The molecule has 0 bridgehead atoms. The van der Waals surface area contributed by atoms with Crippen LogP contribution < -0.4 is 15.4 Å². The van der Waals surface area contributed by atoms with E-state index < -0.39 is 47.6 Å². The number of nitrogens with zero attached hydrogens (tertiary/aromatic N) is 4. The molecule has 5 heterocycles. The highest BCUT2D eigenvalue weighted by atomic mass is 32.1. The third kappa shape index (κ3) is 6.96. The summed E-state index contributed by atoms with van der Waals surface area (Å²) in [6.07, 6.45) is 11.0. The van der Waals surface area contributed by atoms with Crippen molar-refractivity contribution >= 4 is 45.4 Å². The maximum atomic E-state index is 14.4. The van der Waals surface area contributed by atoms with Crippen LogP contribution in [0, 0.1) is 5.92 Å². The predicted molar refractivity (Wildman–Crippen MR) is 179 cm³/mol. The normalized spacial score (nSPS) is 28.1. The van der Waals surface area contributed by atoms with Crippen molar-refractivity contribution < 1.29 is 33.4 Å². The number of methoxy groups -OCH3 is 1. The van der Waals surface area contributed by atoms with Crippen molar-refractivity contribution in [1.29, 1.82) is 0 Å². The smallest absolute Gasteiger partial charge is 0.408 e. The molecular formula is C35H40N6O7S. The van der Waals surface area contributed by atoms with Gasteiger partial charge >= 0.3 is 12.1 Å². The van der Waals surface area contributed by atoms with E-state index in [1.165, 1.54) is 23.3 Å². The highest BCUT2D eigenvalue weighted by Gasteiger charge is 2.62. The van der Waals surface area contributed by atoms with Crippen LogP contribution in [0.4, 0.5) is 4.79 Å². The number of allylic oxidation sites excluding steroid dienone is 1. The van der Waals surface area contributed by atoms with Crippen molar-refractivity contribution in [2.45, 2.75) is 94.0 Å². The van der Waals surface area contributed by atoms with Crippen molar-refractivity contribution in [3.63, 3.8) is 0 Å². The van der Waals surface area contributed by atoms with Crippen LogP contribution in [-0.2, 0) is 23.9 Å². The summed E-state index contributed by atoms with van der Waals surface area (Å²) in [5, 5.41) is 8.38. The fraction of sp³-hybridized carbons (Fsp3) is 0.514. The van der Waals surface area contributed by atoms with Gasteiger partial charge in [-0.05, 0) is 68.5 Å². The van der Waals surface area contributed by atoms with Crippen LogP contribution in [0.2, 0.25) is 0 Å². The van der Waals surface area contributed by atoms with Gasteiger partial charge in [-0.3, -0.25) is 14.6 Å². The quantitative estimate of drug-likeness (QED) is 0.282. The fourth-order valence-corrected chi connectivity index (χ4v) is 7.57.